The van der Waals surface area contributed by atoms with E-state index in [1.165, 1.54) is 5.56 Å². The molecular weight excluding hydrogens is 384 g/mol. The molecule has 3 heterocycles. The molecule has 0 bridgehead atoms. The fourth-order valence-corrected chi connectivity index (χ4v) is 3.75. The average molecular weight is 403 g/mol. The van der Waals surface area contributed by atoms with Crippen LogP contribution in [0.25, 0.3) is 22.6 Å². The topological polar surface area (TPSA) is 55.1 Å². The summed E-state index contributed by atoms with van der Waals surface area (Å²) in [6.07, 6.45) is 0.845. The van der Waals surface area contributed by atoms with E-state index in [4.69, 9.17) is 16.1 Å². The molecule has 1 aliphatic rings. The zero-order valence-corrected chi connectivity index (χ0v) is 16.7. The second-order valence-corrected chi connectivity index (χ2v) is 7.69. The predicted octanol–water partition coefficient (Wildman–Crippen LogP) is 5.32. The fourth-order valence-electron chi connectivity index (χ4n) is 3.63. The highest BCUT2D eigenvalue weighted by molar-refractivity contribution is 6.30. The molecule has 1 aliphatic heterocycles. The van der Waals surface area contributed by atoms with Crippen molar-refractivity contribution in [2.45, 2.75) is 19.9 Å². The van der Waals surface area contributed by atoms with Crippen molar-refractivity contribution in [1.29, 1.82) is 0 Å². The number of nitrogens with zero attached hydrogens (tertiary/aromatic N) is 4. The monoisotopic (exact) mass is 402 g/mol. The summed E-state index contributed by atoms with van der Waals surface area (Å²) < 4.78 is 5.66. The molecule has 2 aromatic carbocycles. The maximum absolute atomic E-state index is 5.99. The van der Waals surface area contributed by atoms with Crippen molar-refractivity contribution in [3.8, 4) is 22.6 Å². The SMILES string of the molecule is Cc1ccc(-c2ccc(N3CCc4c(noc4-c4ccc(Cl)cc4)C3)nn2)cc1. The Kier molecular flexibility index (Phi) is 4.52. The molecule has 0 saturated heterocycles. The van der Waals surface area contributed by atoms with Crippen molar-refractivity contribution >= 4 is 17.4 Å². The summed E-state index contributed by atoms with van der Waals surface area (Å²) >= 11 is 5.99. The van der Waals surface area contributed by atoms with Gasteiger partial charge in [0.15, 0.2) is 11.6 Å². The number of aromatic nitrogens is 3. The number of aryl methyl sites for hydroxylation is 1. The van der Waals surface area contributed by atoms with Crippen molar-refractivity contribution in [2.75, 3.05) is 11.4 Å². The average Bonchev–Trinajstić information content (AvgIpc) is 3.18. The maximum atomic E-state index is 5.99. The van der Waals surface area contributed by atoms with Gasteiger partial charge in [0.1, 0.15) is 5.69 Å². The van der Waals surface area contributed by atoms with Crippen molar-refractivity contribution < 1.29 is 4.52 Å². The number of fused-ring (bicyclic) bond motifs is 1. The van der Waals surface area contributed by atoms with Crippen LogP contribution in [0.1, 0.15) is 16.8 Å². The number of rotatable bonds is 3. The van der Waals surface area contributed by atoms with E-state index >= 15 is 0 Å². The predicted molar refractivity (Wildman–Crippen MR) is 114 cm³/mol. The molecule has 144 valence electrons. The quantitative estimate of drug-likeness (QED) is 0.464. The van der Waals surface area contributed by atoms with Crippen LogP contribution < -0.4 is 4.90 Å². The third kappa shape index (κ3) is 3.49. The van der Waals surface area contributed by atoms with Gasteiger partial charge in [-0.1, -0.05) is 46.6 Å². The standard InChI is InChI=1S/C23H19ClN4O/c1-15-2-4-16(5-3-15)20-10-11-22(26-25-20)28-13-12-19-21(14-28)27-29-23(19)17-6-8-18(24)9-7-17/h2-11H,12-14H2,1H3. The van der Waals surface area contributed by atoms with Crippen LogP contribution in [0.3, 0.4) is 0 Å². The van der Waals surface area contributed by atoms with Crippen LogP contribution in [-0.2, 0) is 13.0 Å². The summed E-state index contributed by atoms with van der Waals surface area (Å²) in [5.41, 5.74) is 6.28. The summed E-state index contributed by atoms with van der Waals surface area (Å²) in [6, 6.07) is 20.0. The number of anilines is 1. The zero-order valence-electron chi connectivity index (χ0n) is 16.0. The van der Waals surface area contributed by atoms with Gasteiger partial charge in [-0.2, -0.15) is 0 Å². The molecule has 0 atom stereocenters. The molecule has 0 N–H and O–H groups in total. The molecule has 5 nitrogen and oxygen atoms in total. The first-order valence-electron chi connectivity index (χ1n) is 9.56. The van der Waals surface area contributed by atoms with Crippen LogP contribution in [0.15, 0.2) is 65.2 Å². The molecule has 0 fully saturated rings. The Bertz CT molecular complexity index is 1140. The summed E-state index contributed by atoms with van der Waals surface area (Å²) in [5.74, 6) is 1.68. The smallest absolute Gasteiger partial charge is 0.170 e. The minimum atomic E-state index is 0.658. The highest BCUT2D eigenvalue weighted by atomic mass is 35.5. The van der Waals surface area contributed by atoms with Gasteiger partial charge in [0.05, 0.1) is 12.2 Å². The van der Waals surface area contributed by atoms with Gasteiger partial charge < -0.3 is 9.42 Å². The fraction of sp³-hybridized carbons (Fsp3) is 0.174. The van der Waals surface area contributed by atoms with E-state index in [0.29, 0.717) is 11.6 Å². The van der Waals surface area contributed by atoms with Gasteiger partial charge in [0.25, 0.3) is 0 Å². The first-order valence-corrected chi connectivity index (χ1v) is 9.94. The molecule has 2 aromatic heterocycles. The maximum Gasteiger partial charge on any atom is 0.170 e. The Morgan fingerprint density at radius 1 is 0.897 bits per heavy atom. The molecule has 0 spiro atoms. The normalized spacial score (nSPS) is 13.4. The Morgan fingerprint density at radius 3 is 2.38 bits per heavy atom. The molecule has 4 aromatic rings. The molecule has 6 heteroatoms. The van der Waals surface area contributed by atoms with E-state index in [1.54, 1.807) is 0 Å². The second kappa shape index (κ2) is 7.33. The molecular formula is C23H19ClN4O. The minimum absolute atomic E-state index is 0.658. The highest BCUT2D eigenvalue weighted by Crippen LogP contribution is 2.32. The van der Waals surface area contributed by atoms with E-state index in [9.17, 15) is 0 Å². The molecule has 0 aliphatic carbocycles. The van der Waals surface area contributed by atoms with Gasteiger partial charge in [-0.25, -0.2) is 0 Å². The van der Waals surface area contributed by atoms with Gasteiger partial charge in [0, 0.05) is 28.3 Å². The first kappa shape index (κ1) is 17.9. The van der Waals surface area contributed by atoms with Crippen LogP contribution >= 0.6 is 11.6 Å². The lowest BCUT2D eigenvalue weighted by Crippen LogP contribution is -2.31. The Morgan fingerprint density at radius 2 is 1.66 bits per heavy atom. The van der Waals surface area contributed by atoms with E-state index in [0.717, 1.165) is 52.6 Å². The van der Waals surface area contributed by atoms with Gasteiger partial charge >= 0.3 is 0 Å². The van der Waals surface area contributed by atoms with Crippen molar-refractivity contribution in [3.63, 3.8) is 0 Å². The summed E-state index contributed by atoms with van der Waals surface area (Å²) in [6.45, 7) is 3.57. The lowest BCUT2D eigenvalue weighted by molar-refractivity contribution is 0.423. The van der Waals surface area contributed by atoms with Crippen LogP contribution in [-0.4, -0.2) is 21.9 Å². The third-order valence-corrected chi connectivity index (χ3v) is 5.52. The first-order chi connectivity index (χ1) is 14.2. The van der Waals surface area contributed by atoms with Crippen molar-refractivity contribution in [3.05, 3.63) is 82.5 Å². The van der Waals surface area contributed by atoms with Gasteiger partial charge in [-0.3, -0.25) is 0 Å². The van der Waals surface area contributed by atoms with E-state index in [2.05, 4.69) is 51.4 Å². The van der Waals surface area contributed by atoms with E-state index in [-0.39, 0.29) is 0 Å². The molecule has 5 rings (SSSR count). The largest absolute Gasteiger partial charge is 0.356 e. The number of hydrogen-bond donors (Lipinski definition) is 0. The summed E-state index contributed by atoms with van der Waals surface area (Å²) in [5, 5.41) is 13.9. The van der Waals surface area contributed by atoms with Crippen LogP contribution in [0, 0.1) is 6.92 Å². The van der Waals surface area contributed by atoms with Crippen molar-refractivity contribution in [2.24, 2.45) is 0 Å². The molecule has 29 heavy (non-hydrogen) atoms. The number of hydrogen-bond acceptors (Lipinski definition) is 5. The molecule has 0 amide bonds. The van der Waals surface area contributed by atoms with Crippen LogP contribution in [0.4, 0.5) is 5.82 Å². The van der Waals surface area contributed by atoms with Crippen LogP contribution in [0.5, 0.6) is 0 Å². The van der Waals surface area contributed by atoms with Gasteiger partial charge in [0.2, 0.25) is 0 Å². The third-order valence-electron chi connectivity index (χ3n) is 5.27. The zero-order chi connectivity index (χ0) is 19.8. The minimum Gasteiger partial charge on any atom is -0.356 e. The Labute approximate surface area is 173 Å². The van der Waals surface area contributed by atoms with Gasteiger partial charge in [-0.15, -0.1) is 10.2 Å². The Hall–Kier alpha value is -3.18. The van der Waals surface area contributed by atoms with Crippen LogP contribution in [0.2, 0.25) is 5.02 Å². The second-order valence-electron chi connectivity index (χ2n) is 7.26. The Balaban J connectivity index is 1.36. The molecule has 0 radical (unpaired) electrons. The highest BCUT2D eigenvalue weighted by Gasteiger charge is 2.25. The summed E-state index contributed by atoms with van der Waals surface area (Å²) in [4.78, 5) is 2.18. The van der Waals surface area contributed by atoms with Gasteiger partial charge in [-0.05, 0) is 49.7 Å². The molecule has 0 saturated carbocycles. The lowest BCUT2D eigenvalue weighted by atomic mass is 10.0. The van der Waals surface area contributed by atoms with E-state index in [1.807, 2.05) is 36.4 Å². The number of benzene rings is 2. The number of halogens is 1. The summed E-state index contributed by atoms with van der Waals surface area (Å²) in [7, 11) is 0. The van der Waals surface area contributed by atoms with E-state index < -0.39 is 0 Å². The lowest BCUT2D eigenvalue weighted by Gasteiger charge is -2.26. The van der Waals surface area contributed by atoms with Crippen molar-refractivity contribution in [1.82, 2.24) is 15.4 Å². The molecule has 0 unspecified atom stereocenters.